The SMILES string of the molecule is c1ccc(-c2ccc(-c3ccc(-c4nc(-c5ccccc5)nc(-c5cccc6c5sc5cc(-n7c8ccccc8c8ccc9ccccc9c87)ccc56)n4)cc3)cc2)cc1. The van der Waals surface area contributed by atoms with Crippen molar-refractivity contribution in [3.05, 3.63) is 206 Å². The molecule has 0 atom stereocenters. The second kappa shape index (κ2) is 14.0. The van der Waals surface area contributed by atoms with E-state index in [4.69, 9.17) is 15.0 Å². The number of para-hydroxylation sites is 1. The molecule has 0 bridgehead atoms. The molecule has 60 heavy (non-hydrogen) atoms. The molecule has 5 heteroatoms. The monoisotopic (exact) mass is 782 g/mol. The van der Waals surface area contributed by atoms with E-state index in [1.54, 1.807) is 11.3 Å². The van der Waals surface area contributed by atoms with Crippen LogP contribution >= 0.6 is 11.3 Å². The number of benzene rings is 9. The van der Waals surface area contributed by atoms with Crippen LogP contribution in [0.5, 0.6) is 0 Å². The van der Waals surface area contributed by atoms with Gasteiger partial charge in [0.25, 0.3) is 0 Å². The molecule has 0 spiro atoms. The highest BCUT2D eigenvalue weighted by Gasteiger charge is 2.19. The molecule has 0 saturated carbocycles. The van der Waals surface area contributed by atoms with Crippen LogP contribution in [-0.2, 0) is 0 Å². The number of hydrogen-bond donors (Lipinski definition) is 0. The van der Waals surface area contributed by atoms with E-state index >= 15 is 0 Å². The molecule has 0 unspecified atom stereocenters. The fraction of sp³-hybridized carbons (Fsp3) is 0. The van der Waals surface area contributed by atoms with Crippen LogP contribution in [0.4, 0.5) is 0 Å². The van der Waals surface area contributed by atoms with Gasteiger partial charge in [-0.1, -0.05) is 182 Å². The van der Waals surface area contributed by atoms with Crippen molar-refractivity contribution in [3.63, 3.8) is 0 Å². The van der Waals surface area contributed by atoms with Crippen LogP contribution in [-0.4, -0.2) is 19.5 Å². The predicted molar refractivity (Wildman–Crippen MR) is 252 cm³/mol. The molecule has 3 heterocycles. The standard InChI is InChI=1S/C55H34N4S/c1-3-12-35(13-4-1)36-22-24-37(25-23-36)38-26-28-41(29-27-38)54-56-53(40-15-5-2-6-16-40)57-55(58-54)48-20-11-19-47-45-33-31-42(34-50(45)60-52(47)48)59-49-21-10-9-18-44(49)46-32-30-39-14-7-8-17-43(39)51(46)59/h1-34H. The van der Waals surface area contributed by atoms with Gasteiger partial charge in [0.15, 0.2) is 17.5 Å². The number of rotatable bonds is 6. The number of nitrogens with zero attached hydrogens (tertiary/aromatic N) is 4. The minimum absolute atomic E-state index is 0.642. The third kappa shape index (κ3) is 5.70. The molecular weight excluding hydrogens is 749 g/mol. The molecule has 280 valence electrons. The van der Waals surface area contributed by atoms with Gasteiger partial charge >= 0.3 is 0 Å². The lowest BCUT2D eigenvalue weighted by atomic mass is 9.99. The lowest BCUT2D eigenvalue weighted by Crippen LogP contribution is -2.00. The van der Waals surface area contributed by atoms with Crippen molar-refractivity contribution in [2.45, 2.75) is 0 Å². The Balaban J connectivity index is 0.974. The zero-order valence-electron chi connectivity index (χ0n) is 32.3. The second-order valence-corrected chi connectivity index (χ2v) is 16.2. The van der Waals surface area contributed by atoms with Crippen molar-refractivity contribution in [3.8, 4) is 62.1 Å². The summed E-state index contributed by atoms with van der Waals surface area (Å²) in [5, 5.41) is 7.41. The normalized spacial score (nSPS) is 11.7. The molecule has 0 saturated heterocycles. The molecule has 9 aromatic carbocycles. The Morgan fingerprint density at radius 2 is 0.883 bits per heavy atom. The predicted octanol–water partition coefficient (Wildman–Crippen LogP) is 14.8. The lowest BCUT2D eigenvalue weighted by Gasteiger charge is -2.10. The summed E-state index contributed by atoms with van der Waals surface area (Å²) in [6.45, 7) is 0. The van der Waals surface area contributed by atoms with E-state index in [0.717, 1.165) is 38.2 Å². The molecule has 4 nitrogen and oxygen atoms in total. The maximum atomic E-state index is 5.20. The van der Waals surface area contributed by atoms with Crippen molar-refractivity contribution >= 4 is 64.1 Å². The fourth-order valence-electron chi connectivity index (χ4n) is 8.74. The number of aromatic nitrogens is 4. The molecule has 0 fully saturated rings. The average molecular weight is 783 g/mol. The summed E-state index contributed by atoms with van der Waals surface area (Å²) in [6, 6.07) is 73.3. The van der Waals surface area contributed by atoms with E-state index in [1.165, 1.54) is 59.2 Å². The first kappa shape index (κ1) is 34.3. The molecule has 0 aliphatic heterocycles. The van der Waals surface area contributed by atoms with Gasteiger partial charge in [0.1, 0.15) is 0 Å². The molecule has 0 aliphatic carbocycles. The smallest absolute Gasteiger partial charge is 0.165 e. The van der Waals surface area contributed by atoms with Gasteiger partial charge in [-0.05, 0) is 51.9 Å². The summed E-state index contributed by atoms with van der Waals surface area (Å²) < 4.78 is 4.81. The van der Waals surface area contributed by atoms with Crippen molar-refractivity contribution < 1.29 is 0 Å². The highest BCUT2D eigenvalue weighted by molar-refractivity contribution is 7.26. The van der Waals surface area contributed by atoms with Crippen LogP contribution < -0.4 is 0 Å². The van der Waals surface area contributed by atoms with Crippen LogP contribution in [0.3, 0.4) is 0 Å². The van der Waals surface area contributed by atoms with E-state index < -0.39 is 0 Å². The highest BCUT2D eigenvalue weighted by Crippen LogP contribution is 2.42. The summed E-state index contributed by atoms with van der Waals surface area (Å²) in [4.78, 5) is 15.4. The number of fused-ring (bicyclic) bond motifs is 8. The van der Waals surface area contributed by atoms with E-state index in [9.17, 15) is 0 Å². The van der Waals surface area contributed by atoms with Crippen molar-refractivity contribution in [2.75, 3.05) is 0 Å². The molecule has 12 aromatic rings. The quantitative estimate of drug-likeness (QED) is 0.169. The van der Waals surface area contributed by atoms with Crippen molar-refractivity contribution in [2.24, 2.45) is 0 Å². The minimum Gasteiger partial charge on any atom is -0.309 e. The van der Waals surface area contributed by atoms with Gasteiger partial charge in [-0.3, -0.25) is 0 Å². The Labute approximate surface area is 350 Å². The lowest BCUT2D eigenvalue weighted by molar-refractivity contribution is 1.08. The zero-order valence-corrected chi connectivity index (χ0v) is 33.1. The Kier molecular flexibility index (Phi) is 8.00. The summed E-state index contributed by atoms with van der Waals surface area (Å²) in [5.74, 6) is 1.95. The molecule has 0 N–H and O–H groups in total. The molecular formula is C55H34N4S. The molecule has 0 aliphatic rings. The third-order valence-corrected chi connectivity index (χ3v) is 12.9. The Bertz CT molecular complexity index is 3570. The van der Waals surface area contributed by atoms with Crippen molar-refractivity contribution in [1.82, 2.24) is 19.5 Å². The third-order valence-electron chi connectivity index (χ3n) is 11.7. The van der Waals surface area contributed by atoms with Gasteiger partial charge in [0.05, 0.1) is 11.0 Å². The topological polar surface area (TPSA) is 43.6 Å². The van der Waals surface area contributed by atoms with Gasteiger partial charge in [0.2, 0.25) is 0 Å². The summed E-state index contributed by atoms with van der Waals surface area (Å²) in [6.07, 6.45) is 0. The summed E-state index contributed by atoms with van der Waals surface area (Å²) in [5.41, 5.74) is 11.2. The molecule has 0 amide bonds. The maximum absolute atomic E-state index is 5.20. The maximum Gasteiger partial charge on any atom is 0.165 e. The van der Waals surface area contributed by atoms with Crippen LogP contribution in [0.1, 0.15) is 0 Å². The van der Waals surface area contributed by atoms with Crippen molar-refractivity contribution in [1.29, 1.82) is 0 Å². The van der Waals surface area contributed by atoms with Crippen LogP contribution in [0.2, 0.25) is 0 Å². The first-order valence-corrected chi connectivity index (χ1v) is 21.0. The van der Waals surface area contributed by atoms with Crippen LogP contribution in [0, 0.1) is 0 Å². The van der Waals surface area contributed by atoms with Gasteiger partial charge < -0.3 is 4.57 Å². The molecule has 3 aromatic heterocycles. The Morgan fingerprint density at radius 3 is 1.60 bits per heavy atom. The largest absolute Gasteiger partial charge is 0.309 e. The molecule has 0 radical (unpaired) electrons. The van der Waals surface area contributed by atoms with Gasteiger partial charge in [0, 0.05) is 58.7 Å². The van der Waals surface area contributed by atoms with Crippen LogP contribution in [0.25, 0.3) is 115 Å². The highest BCUT2D eigenvalue weighted by atomic mass is 32.1. The number of hydrogen-bond acceptors (Lipinski definition) is 4. The molecule has 12 rings (SSSR count). The Hall–Kier alpha value is -7.73. The Morgan fingerprint density at radius 1 is 0.350 bits per heavy atom. The number of thiophene rings is 1. The van der Waals surface area contributed by atoms with Gasteiger partial charge in [-0.2, -0.15) is 0 Å². The average Bonchev–Trinajstić information content (AvgIpc) is 3.88. The first-order valence-electron chi connectivity index (χ1n) is 20.2. The zero-order chi connectivity index (χ0) is 39.6. The van der Waals surface area contributed by atoms with E-state index in [0.29, 0.717) is 17.5 Å². The first-order chi connectivity index (χ1) is 29.7. The second-order valence-electron chi connectivity index (χ2n) is 15.2. The van der Waals surface area contributed by atoms with E-state index in [1.807, 2.05) is 24.3 Å². The van der Waals surface area contributed by atoms with E-state index in [-0.39, 0.29) is 0 Å². The summed E-state index contributed by atoms with van der Waals surface area (Å²) >= 11 is 1.80. The van der Waals surface area contributed by atoms with Gasteiger partial charge in [-0.25, -0.2) is 15.0 Å². The minimum atomic E-state index is 0.642. The summed E-state index contributed by atoms with van der Waals surface area (Å²) in [7, 11) is 0. The van der Waals surface area contributed by atoms with E-state index in [2.05, 4.69) is 187 Å². The van der Waals surface area contributed by atoms with Gasteiger partial charge in [-0.15, -0.1) is 11.3 Å². The fourth-order valence-corrected chi connectivity index (χ4v) is 9.98. The van der Waals surface area contributed by atoms with Crippen LogP contribution in [0.15, 0.2) is 206 Å².